The monoisotopic (exact) mass is 203 g/mol. The highest BCUT2D eigenvalue weighted by Crippen LogP contribution is 2.43. The van der Waals surface area contributed by atoms with Gasteiger partial charge in [-0.1, -0.05) is 41.5 Å². The van der Waals surface area contributed by atoms with Crippen LogP contribution in [0.15, 0.2) is 0 Å². The van der Waals surface area contributed by atoms with E-state index in [-0.39, 0.29) is 16.6 Å². The van der Waals surface area contributed by atoms with Gasteiger partial charge in [-0.15, -0.1) is 0 Å². The van der Waals surface area contributed by atoms with Gasteiger partial charge in [0.15, 0.2) is 0 Å². The van der Waals surface area contributed by atoms with Crippen molar-refractivity contribution < 1.29 is 4.43 Å². The van der Waals surface area contributed by atoms with Gasteiger partial charge < -0.3 is 4.43 Å². The lowest BCUT2D eigenvalue weighted by Gasteiger charge is -2.52. The Balaban J connectivity index is 5.17. The Bertz CT molecular complexity index is 147. The lowest BCUT2D eigenvalue weighted by atomic mass is 9.68. The summed E-state index contributed by atoms with van der Waals surface area (Å²) in [6.45, 7) is 13.3. The summed E-state index contributed by atoms with van der Waals surface area (Å²) < 4.78 is 5.84. The van der Waals surface area contributed by atoms with E-state index in [9.17, 15) is 0 Å². The highest BCUT2D eigenvalue weighted by molar-refractivity contribution is 5.98. The van der Waals surface area contributed by atoms with Crippen LogP contribution in [0.5, 0.6) is 0 Å². The molecule has 0 saturated carbocycles. The molecule has 0 aliphatic rings. The van der Waals surface area contributed by atoms with Crippen molar-refractivity contribution in [2.75, 3.05) is 7.05 Å². The summed E-state index contributed by atoms with van der Waals surface area (Å²) in [5.74, 6) is 0. The predicted octanol–water partition coefficient (Wildman–Crippen LogP) is 1.29. The van der Waals surface area contributed by atoms with Gasteiger partial charge in [0.2, 0.25) is 0 Å². The molecule has 0 radical (unpaired) electrons. The molecular formula is C10H25NOSi. The Kier molecular flexibility index (Phi) is 3.75. The first-order valence-electron chi connectivity index (χ1n) is 4.86. The van der Waals surface area contributed by atoms with Crippen LogP contribution in [0.4, 0.5) is 0 Å². The molecule has 3 heteroatoms. The van der Waals surface area contributed by atoms with Crippen LogP contribution in [0.3, 0.4) is 0 Å². The van der Waals surface area contributed by atoms with Crippen LogP contribution < -0.4 is 5.32 Å². The van der Waals surface area contributed by atoms with Gasteiger partial charge in [0.05, 0.1) is 0 Å². The van der Waals surface area contributed by atoms with Crippen molar-refractivity contribution in [2.45, 2.75) is 47.3 Å². The lowest BCUT2D eigenvalue weighted by Crippen LogP contribution is -2.63. The minimum atomic E-state index is -0.230. The van der Waals surface area contributed by atoms with E-state index in [1.54, 1.807) is 0 Å². The van der Waals surface area contributed by atoms with Gasteiger partial charge in [-0.25, -0.2) is 0 Å². The van der Waals surface area contributed by atoms with E-state index in [2.05, 4.69) is 46.9 Å². The molecular weight excluding hydrogens is 178 g/mol. The molecule has 0 saturated heterocycles. The van der Waals surface area contributed by atoms with Crippen LogP contribution in [-0.2, 0) is 4.43 Å². The SMILES string of the molecule is CNC(O[SiH3])(C(C)(C)C)C(C)(C)C. The van der Waals surface area contributed by atoms with Crippen LogP contribution in [0, 0.1) is 10.8 Å². The summed E-state index contributed by atoms with van der Waals surface area (Å²) in [5.41, 5.74) is -0.0320. The molecule has 0 aliphatic heterocycles. The quantitative estimate of drug-likeness (QED) is 0.539. The molecule has 0 unspecified atom stereocenters. The van der Waals surface area contributed by atoms with E-state index < -0.39 is 0 Å². The van der Waals surface area contributed by atoms with E-state index in [1.165, 1.54) is 0 Å². The average molecular weight is 203 g/mol. The minimum absolute atomic E-state index is 0.0990. The molecule has 0 heterocycles. The molecule has 0 aromatic heterocycles. The summed E-state index contributed by atoms with van der Waals surface area (Å²) >= 11 is 0. The zero-order chi connectivity index (χ0) is 10.9. The Morgan fingerprint density at radius 3 is 1.23 bits per heavy atom. The van der Waals surface area contributed by atoms with Crippen molar-refractivity contribution in [3.8, 4) is 0 Å². The van der Waals surface area contributed by atoms with Gasteiger partial charge in [-0.2, -0.15) is 0 Å². The molecule has 0 spiro atoms. The number of rotatable bonds is 2. The Morgan fingerprint density at radius 2 is 1.23 bits per heavy atom. The molecule has 2 nitrogen and oxygen atoms in total. The molecule has 0 amide bonds. The van der Waals surface area contributed by atoms with Crippen molar-refractivity contribution >= 4 is 10.5 Å². The standard InChI is InChI=1S/C10H25NOSi/c1-8(2,3)10(11-7,12-13)9(4,5)6/h11H,1-7,13H3. The number of hydrogen-bond acceptors (Lipinski definition) is 2. The zero-order valence-corrected chi connectivity index (χ0v) is 12.4. The van der Waals surface area contributed by atoms with Crippen LogP contribution >= 0.6 is 0 Å². The predicted molar refractivity (Wildman–Crippen MR) is 61.7 cm³/mol. The fraction of sp³-hybridized carbons (Fsp3) is 1.00. The summed E-state index contributed by atoms with van der Waals surface area (Å²) in [5, 5.41) is 3.36. The van der Waals surface area contributed by atoms with E-state index in [0.29, 0.717) is 0 Å². The number of nitrogens with one attached hydrogen (secondary N) is 1. The average Bonchev–Trinajstić information content (AvgIpc) is 1.84. The molecule has 0 aliphatic carbocycles. The summed E-state index contributed by atoms with van der Waals surface area (Å²) in [6.07, 6.45) is 0. The minimum Gasteiger partial charge on any atom is -0.409 e. The fourth-order valence-electron chi connectivity index (χ4n) is 2.59. The molecule has 0 atom stereocenters. The van der Waals surface area contributed by atoms with Crippen LogP contribution in [0.2, 0.25) is 0 Å². The third-order valence-electron chi connectivity index (χ3n) is 2.77. The normalized spacial score (nSPS) is 15.0. The van der Waals surface area contributed by atoms with E-state index in [0.717, 1.165) is 10.5 Å². The van der Waals surface area contributed by atoms with Crippen LogP contribution in [0.25, 0.3) is 0 Å². The molecule has 0 aromatic carbocycles. The second kappa shape index (κ2) is 3.71. The van der Waals surface area contributed by atoms with Crippen molar-refractivity contribution in [1.29, 1.82) is 0 Å². The third kappa shape index (κ3) is 2.14. The van der Waals surface area contributed by atoms with Crippen LogP contribution in [-0.4, -0.2) is 23.3 Å². The molecule has 13 heavy (non-hydrogen) atoms. The first-order valence-corrected chi connectivity index (χ1v) is 5.68. The lowest BCUT2D eigenvalue weighted by molar-refractivity contribution is -0.132. The maximum absolute atomic E-state index is 5.84. The van der Waals surface area contributed by atoms with Gasteiger partial charge in [-0.05, 0) is 7.05 Å². The highest BCUT2D eigenvalue weighted by atomic mass is 28.2. The van der Waals surface area contributed by atoms with Gasteiger partial charge >= 0.3 is 0 Å². The van der Waals surface area contributed by atoms with Crippen molar-refractivity contribution in [3.05, 3.63) is 0 Å². The Hall–Kier alpha value is 0.137. The van der Waals surface area contributed by atoms with Gasteiger partial charge in [-0.3, -0.25) is 5.32 Å². The molecule has 80 valence electrons. The Labute approximate surface area is 86.0 Å². The van der Waals surface area contributed by atoms with Gasteiger partial charge in [0.1, 0.15) is 16.2 Å². The highest BCUT2D eigenvalue weighted by Gasteiger charge is 2.49. The fourth-order valence-corrected chi connectivity index (χ4v) is 4.02. The van der Waals surface area contributed by atoms with E-state index in [1.807, 2.05) is 7.05 Å². The molecule has 0 fully saturated rings. The third-order valence-corrected chi connectivity index (χ3v) is 3.38. The van der Waals surface area contributed by atoms with E-state index in [4.69, 9.17) is 4.43 Å². The molecule has 0 bridgehead atoms. The second-order valence-corrected chi connectivity index (χ2v) is 6.04. The first kappa shape index (κ1) is 13.1. The summed E-state index contributed by atoms with van der Waals surface area (Å²) in [6, 6.07) is 0. The van der Waals surface area contributed by atoms with E-state index >= 15 is 0 Å². The van der Waals surface area contributed by atoms with Crippen molar-refractivity contribution in [3.63, 3.8) is 0 Å². The largest absolute Gasteiger partial charge is 0.409 e. The smallest absolute Gasteiger partial charge is 0.148 e. The number of hydrogen-bond donors (Lipinski definition) is 1. The summed E-state index contributed by atoms with van der Waals surface area (Å²) in [4.78, 5) is 0. The van der Waals surface area contributed by atoms with Crippen molar-refractivity contribution in [1.82, 2.24) is 5.32 Å². The van der Waals surface area contributed by atoms with Crippen molar-refractivity contribution in [2.24, 2.45) is 10.8 Å². The van der Waals surface area contributed by atoms with Gasteiger partial charge in [0, 0.05) is 10.8 Å². The zero-order valence-electron chi connectivity index (χ0n) is 10.4. The maximum Gasteiger partial charge on any atom is 0.148 e. The molecule has 0 rings (SSSR count). The van der Waals surface area contributed by atoms with Crippen LogP contribution in [0.1, 0.15) is 41.5 Å². The maximum atomic E-state index is 5.84. The molecule has 1 N–H and O–H groups in total. The summed E-state index contributed by atoms with van der Waals surface area (Å²) in [7, 11) is 2.74. The first-order chi connectivity index (χ1) is 5.62. The topological polar surface area (TPSA) is 21.3 Å². The molecule has 0 aromatic rings. The van der Waals surface area contributed by atoms with Gasteiger partial charge in [0.25, 0.3) is 0 Å². The second-order valence-electron chi connectivity index (χ2n) is 5.64. The Morgan fingerprint density at radius 1 is 0.923 bits per heavy atom.